The number of nitrogens with zero attached hydrogens (tertiary/aromatic N) is 1. The van der Waals surface area contributed by atoms with Crippen LogP contribution >= 0.6 is 0 Å². The zero-order valence-corrected chi connectivity index (χ0v) is 18.5. The third kappa shape index (κ3) is 3.32. The third-order valence-corrected chi connectivity index (χ3v) is 7.31. The number of aromatic nitrogens is 1. The molecule has 0 aliphatic carbocycles. The number of benzene rings is 1. The van der Waals surface area contributed by atoms with E-state index in [1.54, 1.807) is 26.6 Å². The van der Waals surface area contributed by atoms with E-state index in [4.69, 9.17) is 9.15 Å². The highest BCUT2D eigenvalue weighted by Crippen LogP contribution is 2.47. The van der Waals surface area contributed by atoms with Crippen LogP contribution in [0.15, 0.2) is 53.0 Å². The molecular formula is C26H30N2O3. The number of hydrogen-bond donors (Lipinski definition) is 1. The van der Waals surface area contributed by atoms with E-state index in [0.717, 1.165) is 43.5 Å². The first-order valence-electron chi connectivity index (χ1n) is 11.3. The van der Waals surface area contributed by atoms with Gasteiger partial charge in [-0.25, -0.2) is 0 Å². The minimum absolute atomic E-state index is 0.119. The van der Waals surface area contributed by atoms with Crippen LogP contribution in [0.1, 0.15) is 44.0 Å². The number of furan rings is 1. The van der Waals surface area contributed by atoms with E-state index in [-0.39, 0.29) is 11.7 Å². The summed E-state index contributed by atoms with van der Waals surface area (Å²) in [6, 6.07) is 8.78. The Morgan fingerprint density at radius 2 is 2.23 bits per heavy atom. The molecule has 0 unspecified atom stereocenters. The molecule has 2 aliphatic heterocycles. The predicted octanol–water partition coefficient (Wildman–Crippen LogP) is 5.49. The molecule has 31 heavy (non-hydrogen) atoms. The number of Topliss-reactive ketones (excluding diaryl/α,β-unsaturated/α-hetero) is 1. The van der Waals surface area contributed by atoms with Crippen LogP contribution in [-0.4, -0.2) is 35.9 Å². The zero-order valence-electron chi connectivity index (χ0n) is 18.5. The van der Waals surface area contributed by atoms with Crippen molar-refractivity contribution in [3.05, 3.63) is 59.9 Å². The second-order valence-corrected chi connectivity index (χ2v) is 8.89. The van der Waals surface area contributed by atoms with Crippen molar-refractivity contribution in [3.63, 3.8) is 0 Å². The van der Waals surface area contributed by atoms with Gasteiger partial charge in [-0.3, -0.25) is 9.69 Å². The Hall–Kier alpha value is -2.79. The Morgan fingerprint density at radius 3 is 2.94 bits per heavy atom. The highest BCUT2D eigenvalue weighted by Gasteiger charge is 2.41. The smallest absolute Gasteiger partial charge is 0.159 e. The van der Waals surface area contributed by atoms with E-state index in [1.165, 1.54) is 27.7 Å². The lowest BCUT2D eigenvalue weighted by molar-refractivity contribution is -0.114. The molecule has 0 radical (unpaired) electrons. The van der Waals surface area contributed by atoms with Crippen LogP contribution < -0.4 is 0 Å². The van der Waals surface area contributed by atoms with Gasteiger partial charge in [0.2, 0.25) is 0 Å². The number of carbonyl (C=O) groups excluding carboxylic acids is 1. The van der Waals surface area contributed by atoms with E-state index in [9.17, 15) is 4.79 Å². The number of carbonyl (C=O) groups is 1. The van der Waals surface area contributed by atoms with Crippen molar-refractivity contribution in [1.29, 1.82) is 0 Å². The monoisotopic (exact) mass is 418 g/mol. The number of nitrogens with one attached hydrogen (secondary N) is 1. The van der Waals surface area contributed by atoms with Crippen LogP contribution in [0.4, 0.5) is 0 Å². The number of ketones is 1. The molecule has 4 heterocycles. The Bertz CT molecular complexity index is 1130. The van der Waals surface area contributed by atoms with Crippen LogP contribution in [-0.2, 0) is 16.0 Å². The van der Waals surface area contributed by atoms with E-state index < -0.39 is 0 Å². The first-order valence-corrected chi connectivity index (χ1v) is 11.3. The number of hydrogen-bond acceptors (Lipinski definition) is 4. The van der Waals surface area contributed by atoms with Gasteiger partial charge in [0.05, 0.1) is 31.9 Å². The maximum atomic E-state index is 12.4. The summed E-state index contributed by atoms with van der Waals surface area (Å²) in [7, 11) is 1.63. The van der Waals surface area contributed by atoms with Gasteiger partial charge in [0.25, 0.3) is 0 Å². The highest BCUT2D eigenvalue weighted by atomic mass is 16.5. The standard InChI is InChI=1S/C26H30N2O3/c1-4-17-13-28-10-8-20-25-19(18-9-11-31-14-18)6-5-7-23(25)27-26(20)24(28)12-21(17)22(15-30-3)16(2)29/h5-7,9,11,14-15,17,21,24,27H,4,8,10,12-13H2,1-3H3/b22-15-/t17-,21+,24+/m1/s1. The summed E-state index contributed by atoms with van der Waals surface area (Å²) in [5.74, 6) is 0.803. The summed E-state index contributed by atoms with van der Waals surface area (Å²) in [4.78, 5) is 18.8. The third-order valence-electron chi connectivity index (χ3n) is 7.31. The van der Waals surface area contributed by atoms with Crippen molar-refractivity contribution < 1.29 is 13.9 Å². The van der Waals surface area contributed by atoms with Gasteiger partial charge in [-0.1, -0.05) is 25.5 Å². The number of rotatable bonds is 5. The molecule has 5 heteroatoms. The largest absolute Gasteiger partial charge is 0.504 e. The van der Waals surface area contributed by atoms with Gasteiger partial charge in [-0.2, -0.15) is 0 Å². The minimum Gasteiger partial charge on any atom is -0.504 e. The molecule has 1 fully saturated rings. The quantitative estimate of drug-likeness (QED) is 0.439. The lowest BCUT2D eigenvalue weighted by atomic mass is 9.73. The first kappa shape index (κ1) is 20.1. The Labute approximate surface area is 183 Å². The van der Waals surface area contributed by atoms with Crippen LogP contribution in [0.2, 0.25) is 0 Å². The molecule has 2 aliphatic rings. The van der Waals surface area contributed by atoms with Crippen LogP contribution in [0.5, 0.6) is 0 Å². The normalized spacial score (nSPS) is 24.1. The summed E-state index contributed by atoms with van der Waals surface area (Å²) in [5, 5.41) is 1.31. The molecule has 3 atom stereocenters. The Kier molecular flexibility index (Phi) is 5.22. The minimum atomic E-state index is 0.119. The Balaban J connectivity index is 1.59. The molecule has 0 bridgehead atoms. The lowest BCUT2D eigenvalue weighted by Gasteiger charge is -2.46. The molecule has 1 saturated heterocycles. The Morgan fingerprint density at radius 1 is 1.35 bits per heavy atom. The number of allylic oxidation sites excluding steroid dienone is 1. The molecule has 1 N–H and O–H groups in total. The number of methoxy groups -OCH3 is 1. The molecule has 5 rings (SSSR count). The van der Waals surface area contributed by atoms with Crippen LogP contribution in [0.3, 0.4) is 0 Å². The van der Waals surface area contributed by atoms with Crippen LogP contribution in [0.25, 0.3) is 22.0 Å². The van der Waals surface area contributed by atoms with Crippen LogP contribution in [0, 0.1) is 11.8 Å². The SMILES string of the molecule is CC[C@@H]1CN2CCc3c([nH]c4cccc(-c5ccoc5)c34)[C@@H]2C[C@@H]1/C(=C\OC)C(C)=O. The number of aromatic amines is 1. The molecule has 5 nitrogen and oxygen atoms in total. The number of piperidine rings is 1. The first-order chi connectivity index (χ1) is 15.1. The van der Waals surface area contributed by atoms with E-state index in [2.05, 4.69) is 35.0 Å². The van der Waals surface area contributed by atoms with Gasteiger partial charge in [-0.15, -0.1) is 0 Å². The molecule has 0 saturated carbocycles. The van der Waals surface area contributed by atoms with E-state index >= 15 is 0 Å². The molecule has 0 spiro atoms. The molecule has 0 amide bonds. The topological polar surface area (TPSA) is 58.5 Å². The van der Waals surface area contributed by atoms with E-state index in [1.807, 2.05) is 12.3 Å². The maximum absolute atomic E-state index is 12.4. The fourth-order valence-corrected chi connectivity index (χ4v) is 5.83. The zero-order chi connectivity index (χ0) is 21.5. The molecular weight excluding hydrogens is 388 g/mol. The van der Waals surface area contributed by atoms with Crippen molar-refractivity contribution in [2.75, 3.05) is 20.2 Å². The summed E-state index contributed by atoms with van der Waals surface area (Å²) < 4.78 is 10.7. The molecule has 3 aromatic rings. The van der Waals surface area contributed by atoms with Gasteiger partial charge < -0.3 is 14.1 Å². The average Bonchev–Trinajstić information content (AvgIpc) is 3.44. The van der Waals surface area contributed by atoms with Crippen molar-refractivity contribution in [2.45, 2.75) is 39.2 Å². The summed E-state index contributed by atoms with van der Waals surface area (Å²) in [6.07, 6.45) is 8.27. The van der Waals surface area contributed by atoms with Crippen molar-refractivity contribution >= 4 is 16.7 Å². The summed E-state index contributed by atoms with van der Waals surface area (Å²) >= 11 is 0. The van der Waals surface area contributed by atoms with Gasteiger partial charge >= 0.3 is 0 Å². The van der Waals surface area contributed by atoms with Gasteiger partial charge in [0.15, 0.2) is 5.78 Å². The van der Waals surface area contributed by atoms with Crippen molar-refractivity contribution in [3.8, 4) is 11.1 Å². The highest BCUT2D eigenvalue weighted by molar-refractivity contribution is 5.98. The fourth-order valence-electron chi connectivity index (χ4n) is 5.83. The van der Waals surface area contributed by atoms with E-state index in [0.29, 0.717) is 12.0 Å². The summed E-state index contributed by atoms with van der Waals surface area (Å²) in [6.45, 7) is 5.97. The molecule has 162 valence electrons. The number of fused-ring (bicyclic) bond motifs is 5. The number of ether oxygens (including phenoxy) is 1. The molecule has 2 aromatic heterocycles. The second-order valence-electron chi connectivity index (χ2n) is 8.89. The van der Waals surface area contributed by atoms with Gasteiger partial charge in [-0.05, 0) is 54.9 Å². The molecule has 1 aromatic carbocycles. The maximum Gasteiger partial charge on any atom is 0.159 e. The van der Waals surface area contributed by atoms with Crippen molar-refractivity contribution in [1.82, 2.24) is 9.88 Å². The fraction of sp³-hybridized carbons (Fsp3) is 0.423. The second kappa shape index (κ2) is 8.04. The predicted molar refractivity (Wildman–Crippen MR) is 122 cm³/mol. The van der Waals surface area contributed by atoms with Crippen molar-refractivity contribution in [2.24, 2.45) is 11.8 Å². The summed E-state index contributed by atoms with van der Waals surface area (Å²) in [5.41, 5.74) is 7.08. The number of H-pyrrole nitrogens is 1. The lowest BCUT2D eigenvalue weighted by Crippen LogP contribution is -2.46. The van der Waals surface area contributed by atoms with Gasteiger partial charge in [0.1, 0.15) is 0 Å². The van der Waals surface area contributed by atoms with Gasteiger partial charge in [0, 0.05) is 40.8 Å². The average molecular weight is 419 g/mol.